The Balaban J connectivity index is 1.61. The number of nitrogens with zero attached hydrogens (tertiary/aromatic N) is 5. The van der Waals surface area contributed by atoms with Crippen molar-refractivity contribution in [2.45, 2.75) is 59.0 Å². The van der Waals surface area contributed by atoms with Gasteiger partial charge in [0.25, 0.3) is 0 Å². The Morgan fingerprint density at radius 1 is 1.17 bits per heavy atom. The second-order valence-electron chi connectivity index (χ2n) is 9.33. The number of carbonyl (C=O) groups is 2. The molecule has 1 spiro atoms. The van der Waals surface area contributed by atoms with E-state index in [9.17, 15) is 9.59 Å². The fourth-order valence-corrected chi connectivity index (χ4v) is 4.44. The van der Waals surface area contributed by atoms with Crippen molar-refractivity contribution in [3.63, 3.8) is 0 Å². The maximum absolute atomic E-state index is 13.2. The van der Waals surface area contributed by atoms with Gasteiger partial charge in [-0.05, 0) is 37.5 Å². The standard InChI is InChI=1S/C22H29N5O2/c1-16-13-18-26(15-17-5-9-23-10-6-17)19(28)14-22(27(18)24-16)7-11-25(12-8-22)20(29)21(2,3)4/h5-6,9-10,13H,7-8,11-12,14-15H2,1-4H3. The van der Waals surface area contributed by atoms with E-state index in [-0.39, 0.29) is 22.8 Å². The number of likely N-dealkylation sites (tertiary alicyclic amines) is 1. The molecule has 29 heavy (non-hydrogen) atoms. The minimum atomic E-state index is -0.387. The van der Waals surface area contributed by atoms with Crippen LogP contribution in [0.2, 0.25) is 0 Å². The molecule has 0 N–H and O–H groups in total. The third-order valence-electron chi connectivity index (χ3n) is 6.03. The number of pyridine rings is 1. The number of hydrogen-bond acceptors (Lipinski definition) is 4. The Hall–Kier alpha value is -2.70. The van der Waals surface area contributed by atoms with Gasteiger partial charge in [-0.15, -0.1) is 0 Å². The van der Waals surface area contributed by atoms with Crippen molar-refractivity contribution in [1.82, 2.24) is 19.7 Å². The number of carbonyl (C=O) groups excluding carboxylic acids is 2. The molecule has 1 fully saturated rings. The number of aromatic nitrogens is 3. The lowest BCUT2D eigenvalue weighted by Gasteiger charge is -2.47. The van der Waals surface area contributed by atoms with Gasteiger partial charge in [0.05, 0.1) is 24.2 Å². The number of hydrogen-bond donors (Lipinski definition) is 0. The van der Waals surface area contributed by atoms with Gasteiger partial charge in [-0.2, -0.15) is 5.10 Å². The fraction of sp³-hybridized carbons (Fsp3) is 0.545. The molecule has 0 radical (unpaired) electrons. The first-order valence-electron chi connectivity index (χ1n) is 10.3. The normalized spacial score (nSPS) is 18.8. The number of fused-ring (bicyclic) bond motifs is 2. The molecule has 0 atom stereocenters. The van der Waals surface area contributed by atoms with Crippen LogP contribution in [0, 0.1) is 12.3 Å². The van der Waals surface area contributed by atoms with Gasteiger partial charge in [0.15, 0.2) is 0 Å². The third kappa shape index (κ3) is 3.54. The van der Waals surface area contributed by atoms with E-state index in [0.29, 0.717) is 26.1 Å². The maximum Gasteiger partial charge on any atom is 0.230 e. The van der Waals surface area contributed by atoms with Crippen molar-refractivity contribution in [2.75, 3.05) is 18.0 Å². The average molecular weight is 396 g/mol. The first-order chi connectivity index (χ1) is 13.7. The second-order valence-corrected chi connectivity index (χ2v) is 9.33. The highest BCUT2D eigenvalue weighted by atomic mass is 16.2. The predicted octanol–water partition coefficient (Wildman–Crippen LogP) is 2.89. The van der Waals surface area contributed by atoms with Crippen LogP contribution in [0.3, 0.4) is 0 Å². The van der Waals surface area contributed by atoms with E-state index in [2.05, 4.69) is 9.67 Å². The predicted molar refractivity (Wildman–Crippen MR) is 110 cm³/mol. The monoisotopic (exact) mass is 395 g/mol. The summed E-state index contributed by atoms with van der Waals surface area (Å²) in [5.41, 5.74) is 1.22. The van der Waals surface area contributed by atoms with Crippen LogP contribution < -0.4 is 4.90 Å². The molecule has 2 aliphatic heterocycles. The van der Waals surface area contributed by atoms with E-state index in [1.165, 1.54) is 0 Å². The van der Waals surface area contributed by atoms with Crippen molar-refractivity contribution in [3.05, 3.63) is 41.9 Å². The van der Waals surface area contributed by atoms with Gasteiger partial charge in [-0.3, -0.25) is 19.5 Å². The van der Waals surface area contributed by atoms with E-state index in [4.69, 9.17) is 5.10 Å². The first kappa shape index (κ1) is 19.6. The third-order valence-corrected chi connectivity index (χ3v) is 6.03. The van der Waals surface area contributed by atoms with Crippen molar-refractivity contribution < 1.29 is 9.59 Å². The molecule has 4 rings (SSSR count). The van der Waals surface area contributed by atoms with Crippen molar-refractivity contribution in [2.24, 2.45) is 5.41 Å². The van der Waals surface area contributed by atoms with E-state index in [1.807, 2.05) is 55.7 Å². The molecule has 2 amide bonds. The molecule has 0 bridgehead atoms. The van der Waals surface area contributed by atoms with Crippen LogP contribution in [0.25, 0.3) is 0 Å². The smallest absolute Gasteiger partial charge is 0.230 e. The van der Waals surface area contributed by atoms with Crippen molar-refractivity contribution in [1.29, 1.82) is 0 Å². The second kappa shape index (κ2) is 6.97. The molecule has 154 valence electrons. The van der Waals surface area contributed by atoms with E-state index in [1.54, 1.807) is 12.4 Å². The summed E-state index contributed by atoms with van der Waals surface area (Å²) < 4.78 is 2.06. The summed E-state index contributed by atoms with van der Waals surface area (Å²) in [6.45, 7) is 9.66. The highest BCUT2D eigenvalue weighted by Gasteiger charge is 2.47. The minimum absolute atomic E-state index is 0.116. The Kier molecular flexibility index (Phi) is 4.71. The van der Waals surface area contributed by atoms with Gasteiger partial charge < -0.3 is 4.90 Å². The molecule has 2 aliphatic rings. The molecule has 0 aromatic carbocycles. The topological polar surface area (TPSA) is 71.3 Å². The van der Waals surface area contributed by atoms with Gasteiger partial charge in [-0.25, -0.2) is 4.68 Å². The molecule has 2 aromatic heterocycles. The lowest BCUT2D eigenvalue weighted by molar-refractivity contribution is -0.142. The summed E-state index contributed by atoms with van der Waals surface area (Å²) in [6.07, 6.45) is 5.41. The molecule has 7 heteroatoms. The quantitative estimate of drug-likeness (QED) is 0.784. The van der Waals surface area contributed by atoms with Gasteiger partial charge in [-0.1, -0.05) is 20.8 Å². The largest absolute Gasteiger partial charge is 0.342 e. The van der Waals surface area contributed by atoms with Gasteiger partial charge in [0.2, 0.25) is 11.8 Å². The molecule has 0 saturated carbocycles. The van der Waals surface area contributed by atoms with Crippen LogP contribution in [0.5, 0.6) is 0 Å². The summed E-state index contributed by atoms with van der Waals surface area (Å²) in [4.78, 5) is 33.7. The minimum Gasteiger partial charge on any atom is -0.342 e. The fourth-order valence-electron chi connectivity index (χ4n) is 4.44. The van der Waals surface area contributed by atoms with E-state index in [0.717, 1.165) is 29.9 Å². The number of piperidine rings is 1. The average Bonchev–Trinajstić information content (AvgIpc) is 3.08. The van der Waals surface area contributed by atoms with Gasteiger partial charge in [0, 0.05) is 37.0 Å². The van der Waals surface area contributed by atoms with Crippen LogP contribution in [-0.2, 0) is 21.7 Å². The Morgan fingerprint density at radius 2 is 1.83 bits per heavy atom. The Morgan fingerprint density at radius 3 is 2.45 bits per heavy atom. The highest BCUT2D eigenvalue weighted by Crippen LogP contribution is 2.42. The summed E-state index contributed by atoms with van der Waals surface area (Å²) in [5, 5.41) is 4.78. The zero-order chi connectivity index (χ0) is 20.8. The molecule has 7 nitrogen and oxygen atoms in total. The lowest BCUT2D eigenvalue weighted by atomic mass is 9.81. The number of amides is 2. The zero-order valence-corrected chi connectivity index (χ0v) is 17.7. The summed E-state index contributed by atoms with van der Waals surface area (Å²) in [7, 11) is 0. The number of rotatable bonds is 2. The Labute approximate surface area is 171 Å². The first-order valence-corrected chi connectivity index (χ1v) is 10.3. The zero-order valence-electron chi connectivity index (χ0n) is 17.7. The van der Waals surface area contributed by atoms with Crippen LogP contribution in [0.4, 0.5) is 5.82 Å². The molecule has 0 unspecified atom stereocenters. The van der Waals surface area contributed by atoms with Crippen LogP contribution in [0.1, 0.15) is 51.3 Å². The van der Waals surface area contributed by atoms with Gasteiger partial charge in [0.1, 0.15) is 5.82 Å². The molecule has 2 aromatic rings. The number of aryl methyl sites for hydroxylation is 1. The number of anilines is 1. The molecular weight excluding hydrogens is 366 g/mol. The maximum atomic E-state index is 13.2. The lowest BCUT2D eigenvalue weighted by Crippen LogP contribution is -2.55. The van der Waals surface area contributed by atoms with E-state index >= 15 is 0 Å². The van der Waals surface area contributed by atoms with Crippen molar-refractivity contribution >= 4 is 17.6 Å². The van der Waals surface area contributed by atoms with Crippen molar-refractivity contribution in [3.8, 4) is 0 Å². The molecule has 0 aliphatic carbocycles. The van der Waals surface area contributed by atoms with E-state index < -0.39 is 0 Å². The summed E-state index contributed by atoms with van der Waals surface area (Å²) in [5.74, 6) is 1.14. The summed E-state index contributed by atoms with van der Waals surface area (Å²) >= 11 is 0. The molecule has 4 heterocycles. The highest BCUT2D eigenvalue weighted by molar-refractivity contribution is 5.94. The molecule has 1 saturated heterocycles. The Bertz CT molecular complexity index is 920. The summed E-state index contributed by atoms with van der Waals surface area (Å²) in [6, 6.07) is 5.86. The van der Waals surface area contributed by atoms with Crippen LogP contribution in [0.15, 0.2) is 30.6 Å². The van der Waals surface area contributed by atoms with Gasteiger partial charge >= 0.3 is 0 Å². The molecular formula is C22H29N5O2. The van der Waals surface area contributed by atoms with Crippen LogP contribution in [-0.4, -0.2) is 44.6 Å². The van der Waals surface area contributed by atoms with Crippen LogP contribution >= 0.6 is 0 Å². The SMILES string of the molecule is Cc1cc2n(n1)C1(CCN(C(=O)C(C)(C)C)CC1)CC(=O)N2Cc1ccncc1.